The number of aliphatic hydroxyl groups excluding tert-OH is 1. The first-order valence-corrected chi connectivity index (χ1v) is 20.4. The Hall–Kier alpha value is -6.44. The fraction of sp³-hybridized carbons (Fsp3) is 0.556. The highest BCUT2D eigenvalue weighted by Crippen LogP contribution is 2.30. The fourth-order valence-corrected chi connectivity index (χ4v) is 6.69. The minimum absolute atomic E-state index is 0.0689. The number of anilines is 6. The van der Waals surface area contributed by atoms with Gasteiger partial charge >= 0.3 is 5.97 Å². The molecular formula is C36H52N18O11. The third-order valence-corrected chi connectivity index (χ3v) is 9.70. The molecule has 2 unspecified atom stereocenters. The summed E-state index contributed by atoms with van der Waals surface area (Å²) in [5, 5.41) is 8.94. The number of nitrogens with zero attached hydrogens (tertiary/aromatic N) is 12. The van der Waals surface area contributed by atoms with Gasteiger partial charge in [-0.1, -0.05) is 20.8 Å². The summed E-state index contributed by atoms with van der Waals surface area (Å²) in [7, 11) is 0. The second-order valence-electron chi connectivity index (χ2n) is 14.3. The van der Waals surface area contributed by atoms with Crippen LogP contribution in [0.4, 0.5) is 35.3 Å². The molecule has 65 heavy (non-hydrogen) atoms. The molecule has 10 rings (SSSR count). The lowest BCUT2D eigenvalue weighted by molar-refractivity contribution is -0.173. The van der Waals surface area contributed by atoms with E-state index in [0.717, 1.165) is 19.3 Å². The van der Waals surface area contributed by atoms with Crippen LogP contribution in [0.5, 0.6) is 0 Å². The van der Waals surface area contributed by atoms with Gasteiger partial charge in [0.05, 0.1) is 45.4 Å². The summed E-state index contributed by atoms with van der Waals surface area (Å²) in [6.45, 7) is 8.63. The van der Waals surface area contributed by atoms with E-state index in [4.69, 9.17) is 82.1 Å². The SMILES string of the molecule is CC[C@@H]1OCC(OC(C)=O)O1.CC[C@@H]1OCC(n2cnc3c(N)nc(N)nc32)O1.CC[C@@H]1OC[C@H](n2cnc3c(N)nc(N)nc32)O1.Nc1nc(N)c2ncn([C@H]3CO[C@@H](CO)O3)c2n1. The van der Waals surface area contributed by atoms with Crippen LogP contribution >= 0.6 is 0 Å². The van der Waals surface area contributed by atoms with Crippen molar-refractivity contribution in [3.05, 3.63) is 19.0 Å². The summed E-state index contributed by atoms with van der Waals surface area (Å²) < 4.78 is 53.2. The number of fused-ring (bicyclic) bond motifs is 3. The molecule has 0 aliphatic carbocycles. The number of hydrogen-bond acceptors (Lipinski definition) is 26. The Labute approximate surface area is 368 Å². The number of imidazole rings is 3. The zero-order valence-corrected chi connectivity index (χ0v) is 35.9. The summed E-state index contributed by atoms with van der Waals surface area (Å²) in [5.74, 6) is 0.716. The van der Waals surface area contributed by atoms with Crippen molar-refractivity contribution in [2.24, 2.45) is 0 Å². The highest BCUT2D eigenvalue weighted by molar-refractivity contribution is 5.84. The predicted octanol–water partition coefficient (Wildman–Crippen LogP) is 0.0574. The first kappa shape index (κ1) is 46.5. The molecule has 6 aromatic heterocycles. The number of carbonyl (C=O) groups excluding carboxylic acids is 1. The number of nitrogen functional groups attached to an aromatic ring is 6. The third-order valence-electron chi connectivity index (χ3n) is 9.70. The third kappa shape index (κ3) is 10.8. The standard InChI is InChI=1S/2C10H14N6O2.C9H12N6O3.C7H12O4/c2*1-2-6-17-3-5(18-6)16-4-13-7-8(11)14-10(12)15-9(7)16;10-7-6-8(14-9(11)13-7)15(3-12-6)4-2-17-5(1-16)18-4;1-3-6-9-4-7(11-6)10-5(2)8/h2*4-6H,2-3H2,1H3,(H4,11,12,14,15);3-5,16H,1-2H2,(H4,10,11,13,14);6-7H,3-4H2,1-2H3/t5?,6-;5-,6-;4-,5-;6-,7?/m1111/s1. The summed E-state index contributed by atoms with van der Waals surface area (Å²) in [4.78, 5) is 46.8. The molecule has 4 aliphatic rings. The maximum Gasteiger partial charge on any atom is 0.305 e. The topological polar surface area (TPSA) is 407 Å². The number of hydrogen-bond donors (Lipinski definition) is 7. The van der Waals surface area contributed by atoms with Crippen molar-refractivity contribution < 1.29 is 52.5 Å². The summed E-state index contributed by atoms with van der Waals surface area (Å²) in [6, 6.07) is 0. The van der Waals surface area contributed by atoms with Gasteiger partial charge in [-0.15, -0.1) is 0 Å². The number of rotatable bonds is 8. The van der Waals surface area contributed by atoms with E-state index in [1.807, 2.05) is 20.8 Å². The number of carbonyl (C=O) groups is 1. The number of esters is 1. The van der Waals surface area contributed by atoms with Crippen LogP contribution in [-0.4, -0.2) is 134 Å². The molecule has 29 nitrogen and oxygen atoms in total. The van der Waals surface area contributed by atoms with E-state index in [2.05, 4.69) is 44.9 Å². The number of ether oxygens (including phenoxy) is 9. The Morgan fingerprint density at radius 1 is 0.569 bits per heavy atom. The van der Waals surface area contributed by atoms with Gasteiger partial charge in [-0.25, -0.2) is 15.0 Å². The van der Waals surface area contributed by atoms with Crippen molar-refractivity contribution in [1.82, 2.24) is 58.6 Å². The average molecular weight is 913 g/mol. The molecule has 352 valence electrons. The van der Waals surface area contributed by atoms with Crippen molar-refractivity contribution in [3.8, 4) is 0 Å². The monoisotopic (exact) mass is 912 g/mol. The first-order chi connectivity index (χ1) is 31.3. The van der Waals surface area contributed by atoms with Crippen LogP contribution in [0, 0.1) is 0 Å². The lowest BCUT2D eigenvalue weighted by Crippen LogP contribution is -2.18. The normalized spacial score (nSPS) is 24.9. The smallest absolute Gasteiger partial charge is 0.305 e. The fourth-order valence-electron chi connectivity index (χ4n) is 6.69. The largest absolute Gasteiger partial charge is 0.433 e. The molecule has 0 saturated carbocycles. The van der Waals surface area contributed by atoms with Crippen molar-refractivity contribution >= 4 is 74.8 Å². The van der Waals surface area contributed by atoms with E-state index in [-0.39, 0.29) is 79.2 Å². The molecule has 6 aromatic rings. The van der Waals surface area contributed by atoms with Gasteiger partial charge in [-0.2, -0.15) is 29.9 Å². The number of nitrogens with two attached hydrogens (primary N) is 6. The molecule has 8 atom stereocenters. The summed E-state index contributed by atoms with van der Waals surface area (Å²) in [5.41, 5.74) is 37.0. The molecule has 0 radical (unpaired) electrons. The summed E-state index contributed by atoms with van der Waals surface area (Å²) >= 11 is 0. The molecule has 0 aromatic carbocycles. The zero-order chi connectivity index (χ0) is 46.4. The van der Waals surface area contributed by atoms with Gasteiger partial charge in [-0.3, -0.25) is 18.5 Å². The minimum Gasteiger partial charge on any atom is -0.433 e. The molecule has 4 saturated heterocycles. The zero-order valence-electron chi connectivity index (χ0n) is 35.9. The van der Waals surface area contributed by atoms with Crippen LogP contribution in [0.15, 0.2) is 19.0 Å². The van der Waals surface area contributed by atoms with E-state index >= 15 is 0 Å². The van der Waals surface area contributed by atoms with Crippen LogP contribution < -0.4 is 34.4 Å². The average Bonchev–Trinajstić information content (AvgIpc) is 4.13. The van der Waals surface area contributed by atoms with E-state index in [1.54, 1.807) is 26.4 Å². The van der Waals surface area contributed by atoms with Crippen molar-refractivity contribution in [2.45, 2.75) is 97.1 Å². The quantitative estimate of drug-likeness (QED) is 0.0992. The van der Waals surface area contributed by atoms with Gasteiger partial charge in [0.1, 0.15) is 23.2 Å². The molecule has 4 fully saturated rings. The van der Waals surface area contributed by atoms with E-state index in [0.29, 0.717) is 59.9 Å². The first-order valence-electron chi connectivity index (χ1n) is 20.4. The van der Waals surface area contributed by atoms with Gasteiger partial charge in [-0.05, 0) is 19.3 Å². The van der Waals surface area contributed by atoms with Gasteiger partial charge in [0.25, 0.3) is 0 Å². The molecular weight excluding hydrogens is 861 g/mol. The maximum atomic E-state index is 10.4. The highest BCUT2D eigenvalue weighted by atomic mass is 16.8. The van der Waals surface area contributed by atoms with Crippen molar-refractivity contribution in [3.63, 3.8) is 0 Å². The molecule has 29 heteroatoms. The molecule has 0 amide bonds. The van der Waals surface area contributed by atoms with E-state index < -0.39 is 18.8 Å². The van der Waals surface area contributed by atoms with Gasteiger partial charge in [0, 0.05) is 6.92 Å². The Balaban J connectivity index is 0.000000131. The highest BCUT2D eigenvalue weighted by Gasteiger charge is 2.31. The minimum atomic E-state index is -0.635. The Bertz CT molecular complexity index is 2310. The van der Waals surface area contributed by atoms with Crippen LogP contribution in [-0.2, 0) is 47.4 Å². The molecule has 0 spiro atoms. The van der Waals surface area contributed by atoms with E-state index in [9.17, 15) is 4.79 Å². The molecule has 10 heterocycles. The van der Waals surface area contributed by atoms with Crippen LogP contribution in [0.2, 0.25) is 0 Å². The second-order valence-corrected chi connectivity index (χ2v) is 14.3. The lowest BCUT2D eigenvalue weighted by Gasteiger charge is -2.11. The van der Waals surface area contributed by atoms with Gasteiger partial charge in [0.15, 0.2) is 78.2 Å². The maximum absolute atomic E-state index is 10.4. The van der Waals surface area contributed by atoms with Crippen LogP contribution in [0.3, 0.4) is 0 Å². The van der Waals surface area contributed by atoms with Gasteiger partial charge in [0.2, 0.25) is 24.1 Å². The lowest BCUT2D eigenvalue weighted by atomic mass is 10.5. The number of aliphatic hydroxyl groups is 1. The van der Waals surface area contributed by atoms with E-state index in [1.165, 1.54) is 13.3 Å². The van der Waals surface area contributed by atoms with Crippen LogP contribution in [0.25, 0.3) is 33.5 Å². The number of aromatic nitrogens is 12. The van der Waals surface area contributed by atoms with Crippen LogP contribution in [0.1, 0.15) is 65.6 Å². The Morgan fingerprint density at radius 3 is 1.22 bits per heavy atom. The molecule has 0 bridgehead atoms. The van der Waals surface area contributed by atoms with Crippen molar-refractivity contribution in [2.75, 3.05) is 67.4 Å². The predicted molar refractivity (Wildman–Crippen MR) is 226 cm³/mol. The Morgan fingerprint density at radius 2 is 0.908 bits per heavy atom. The molecule has 13 N–H and O–H groups in total. The second kappa shape index (κ2) is 20.6. The molecule has 4 aliphatic heterocycles. The van der Waals surface area contributed by atoms with Crippen molar-refractivity contribution in [1.29, 1.82) is 0 Å². The Kier molecular flexibility index (Phi) is 14.7. The van der Waals surface area contributed by atoms with Gasteiger partial charge < -0.3 is 82.1 Å². The summed E-state index contributed by atoms with van der Waals surface area (Å²) in [6.07, 6.45) is 4.46.